The van der Waals surface area contributed by atoms with Crippen LogP contribution in [0.5, 0.6) is 5.75 Å². The summed E-state index contributed by atoms with van der Waals surface area (Å²) in [7, 11) is -0.936. The molecule has 0 aliphatic carbocycles. The van der Waals surface area contributed by atoms with E-state index >= 15 is 0 Å². The van der Waals surface area contributed by atoms with Gasteiger partial charge in [-0.15, -0.1) is 13.2 Å². The summed E-state index contributed by atoms with van der Waals surface area (Å²) in [6.45, 7) is 1.33. The van der Waals surface area contributed by atoms with E-state index in [0.29, 0.717) is 25.3 Å². The second-order valence-electron chi connectivity index (χ2n) is 7.07. The molecule has 0 radical (unpaired) electrons. The molecule has 2 aromatic rings. The van der Waals surface area contributed by atoms with Crippen molar-refractivity contribution >= 4 is 10.0 Å². The first-order chi connectivity index (χ1) is 14.4. The molecule has 1 aliphatic heterocycles. The standard InChI is InChI=1S/C18H21F3N4O5S/c1-22-13(11-16(26)23(2)17(22)27)12-24-7-9-25(10-8-24)31(28,29)15-5-3-14(4-6-15)30-18(19,20)21/h3-6,11H,7-10,12H2,1-2H3. The zero-order chi connectivity index (χ0) is 23.0. The third-order valence-corrected chi connectivity index (χ3v) is 6.95. The third kappa shape index (κ3) is 5.17. The Labute approximate surface area is 175 Å². The number of piperazine rings is 1. The van der Waals surface area contributed by atoms with Crippen molar-refractivity contribution in [2.75, 3.05) is 26.2 Å². The molecular weight excluding hydrogens is 441 g/mol. The second kappa shape index (κ2) is 8.48. The first-order valence-electron chi connectivity index (χ1n) is 9.23. The zero-order valence-corrected chi connectivity index (χ0v) is 17.6. The van der Waals surface area contributed by atoms with Crippen molar-refractivity contribution in [3.8, 4) is 5.75 Å². The van der Waals surface area contributed by atoms with Crippen molar-refractivity contribution in [1.29, 1.82) is 0 Å². The number of benzene rings is 1. The largest absolute Gasteiger partial charge is 0.573 e. The summed E-state index contributed by atoms with van der Waals surface area (Å²) >= 11 is 0. The quantitative estimate of drug-likeness (QED) is 0.642. The number of alkyl halides is 3. The summed E-state index contributed by atoms with van der Waals surface area (Å²) in [6, 6.07) is 5.41. The molecular formula is C18H21F3N4O5S. The average Bonchev–Trinajstić information content (AvgIpc) is 2.70. The predicted molar refractivity (Wildman–Crippen MR) is 104 cm³/mol. The van der Waals surface area contributed by atoms with Gasteiger partial charge in [-0.05, 0) is 24.3 Å². The highest BCUT2D eigenvalue weighted by molar-refractivity contribution is 7.89. The van der Waals surface area contributed by atoms with Gasteiger partial charge in [0.05, 0.1) is 4.90 Å². The fourth-order valence-corrected chi connectivity index (χ4v) is 4.67. The van der Waals surface area contributed by atoms with Crippen LogP contribution in [0.3, 0.4) is 0 Å². The normalized spacial score (nSPS) is 16.4. The van der Waals surface area contributed by atoms with Crippen LogP contribution in [0.2, 0.25) is 0 Å². The van der Waals surface area contributed by atoms with E-state index in [4.69, 9.17) is 0 Å². The van der Waals surface area contributed by atoms with Gasteiger partial charge in [0.15, 0.2) is 0 Å². The highest BCUT2D eigenvalue weighted by atomic mass is 32.2. The monoisotopic (exact) mass is 462 g/mol. The molecule has 1 aromatic carbocycles. The van der Waals surface area contributed by atoms with E-state index in [1.54, 1.807) is 7.05 Å². The van der Waals surface area contributed by atoms with E-state index in [9.17, 15) is 31.2 Å². The summed E-state index contributed by atoms with van der Waals surface area (Å²) < 4.78 is 69.7. The van der Waals surface area contributed by atoms with Crippen LogP contribution in [-0.4, -0.2) is 59.3 Å². The second-order valence-corrected chi connectivity index (χ2v) is 9.01. The van der Waals surface area contributed by atoms with E-state index in [1.165, 1.54) is 22.0 Å². The summed E-state index contributed by atoms with van der Waals surface area (Å²) in [5, 5.41) is 0. The van der Waals surface area contributed by atoms with Crippen LogP contribution in [-0.2, 0) is 30.7 Å². The molecule has 170 valence electrons. The molecule has 0 unspecified atom stereocenters. The van der Waals surface area contributed by atoms with Gasteiger partial charge in [-0.2, -0.15) is 4.31 Å². The molecule has 1 aliphatic rings. The Morgan fingerprint density at radius 2 is 1.55 bits per heavy atom. The Bertz CT molecular complexity index is 1160. The zero-order valence-electron chi connectivity index (χ0n) is 16.8. The lowest BCUT2D eigenvalue weighted by Crippen LogP contribution is -2.49. The maximum atomic E-state index is 12.8. The maximum Gasteiger partial charge on any atom is 0.573 e. The summed E-state index contributed by atoms with van der Waals surface area (Å²) in [5.41, 5.74) is -0.344. The Kier molecular flexibility index (Phi) is 6.30. The number of ether oxygens (including phenoxy) is 1. The maximum absolute atomic E-state index is 12.8. The van der Waals surface area contributed by atoms with Gasteiger partial charge < -0.3 is 4.74 Å². The predicted octanol–water partition coefficient (Wildman–Crippen LogP) is 0.489. The molecule has 0 spiro atoms. The molecule has 1 saturated heterocycles. The summed E-state index contributed by atoms with van der Waals surface area (Å²) in [6.07, 6.45) is -4.86. The first-order valence-corrected chi connectivity index (χ1v) is 10.7. The van der Waals surface area contributed by atoms with Crippen molar-refractivity contribution in [2.24, 2.45) is 14.1 Å². The van der Waals surface area contributed by atoms with Crippen LogP contribution >= 0.6 is 0 Å². The Balaban J connectivity index is 1.66. The lowest BCUT2D eigenvalue weighted by Gasteiger charge is -2.34. The minimum Gasteiger partial charge on any atom is -0.406 e. The van der Waals surface area contributed by atoms with Gasteiger partial charge in [-0.25, -0.2) is 13.2 Å². The van der Waals surface area contributed by atoms with Crippen LogP contribution < -0.4 is 16.0 Å². The van der Waals surface area contributed by atoms with Crippen LogP contribution in [0.25, 0.3) is 0 Å². The van der Waals surface area contributed by atoms with Gasteiger partial charge in [-0.1, -0.05) is 0 Å². The Hall–Kier alpha value is -2.64. The molecule has 3 rings (SSSR count). The highest BCUT2D eigenvalue weighted by Crippen LogP contribution is 2.25. The minimum atomic E-state index is -4.86. The van der Waals surface area contributed by atoms with E-state index in [2.05, 4.69) is 4.74 Å². The average molecular weight is 462 g/mol. The summed E-state index contributed by atoms with van der Waals surface area (Å²) in [4.78, 5) is 25.7. The van der Waals surface area contributed by atoms with E-state index in [1.807, 2.05) is 4.90 Å². The van der Waals surface area contributed by atoms with Crippen molar-refractivity contribution in [2.45, 2.75) is 17.8 Å². The van der Waals surface area contributed by atoms with E-state index < -0.39 is 33.4 Å². The van der Waals surface area contributed by atoms with Crippen LogP contribution in [0.15, 0.2) is 44.8 Å². The van der Waals surface area contributed by atoms with Crippen molar-refractivity contribution in [3.05, 3.63) is 56.9 Å². The lowest BCUT2D eigenvalue weighted by atomic mass is 10.3. The number of sulfonamides is 1. The molecule has 1 fully saturated rings. The molecule has 0 N–H and O–H groups in total. The lowest BCUT2D eigenvalue weighted by molar-refractivity contribution is -0.274. The fraction of sp³-hybridized carbons (Fsp3) is 0.444. The van der Waals surface area contributed by atoms with Crippen molar-refractivity contribution < 1.29 is 26.3 Å². The topological polar surface area (TPSA) is 93.8 Å². The molecule has 31 heavy (non-hydrogen) atoms. The number of halogens is 3. The third-order valence-electron chi connectivity index (χ3n) is 5.04. The van der Waals surface area contributed by atoms with Crippen LogP contribution in [0, 0.1) is 0 Å². The summed E-state index contributed by atoms with van der Waals surface area (Å²) in [5.74, 6) is -0.504. The highest BCUT2D eigenvalue weighted by Gasteiger charge is 2.32. The SMILES string of the molecule is Cn1c(CN2CCN(S(=O)(=O)c3ccc(OC(F)(F)F)cc3)CC2)cc(=O)n(C)c1=O. The molecule has 2 heterocycles. The van der Waals surface area contributed by atoms with Crippen molar-refractivity contribution in [1.82, 2.24) is 18.3 Å². The van der Waals surface area contributed by atoms with E-state index in [-0.39, 0.29) is 18.0 Å². The number of aromatic nitrogens is 2. The number of hydrogen-bond donors (Lipinski definition) is 0. The van der Waals surface area contributed by atoms with Gasteiger partial charge in [-0.3, -0.25) is 18.8 Å². The Morgan fingerprint density at radius 3 is 2.10 bits per heavy atom. The molecule has 1 aromatic heterocycles. The van der Waals surface area contributed by atoms with Gasteiger partial charge >= 0.3 is 12.1 Å². The molecule has 0 bridgehead atoms. The molecule has 0 saturated carbocycles. The molecule has 13 heteroatoms. The van der Waals surface area contributed by atoms with Crippen LogP contribution in [0.1, 0.15) is 5.69 Å². The number of rotatable bonds is 5. The van der Waals surface area contributed by atoms with Gasteiger partial charge in [0.1, 0.15) is 5.75 Å². The van der Waals surface area contributed by atoms with Gasteiger partial charge in [0, 0.05) is 58.6 Å². The van der Waals surface area contributed by atoms with Crippen LogP contribution in [0.4, 0.5) is 13.2 Å². The van der Waals surface area contributed by atoms with E-state index in [0.717, 1.165) is 28.8 Å². The van der Waals surface area contributed by atoms with Gasteiger partial charge in [0.2, 0.25) is 10.0 Å². The van der Waals surface area contributed by atoms with Crippen molar-refractivity contribution in [3.63, 3.8) is 0 Å². The molecule has 0 atom stereocenters. The molecule has 9 nitrogen and oxygen atoms in total. The number of nitrogens with zero attached hydrogens (tertiary/aromatic N) is 4. The number of hydrogen-bond acceptors (Lipinski definition) is 6. The van der Waals surface area contributed by atoms with Gasteiger partial charge in [0.25, 0.3) is 5.56 Å². The smallest absolute Gasteiger partial charge is 0.406 e. The fourth-order valence-electron chi connectivity index (χ4n) is 3.25. The Morgan fingerprint density at radius 1 is 0.968 bits per heavy atom. The minimum absolute atomic E-state index is 0.135. The first kappa shape index (κ1) is 23.0. The molecule has 0 amide bonds.